The summed E-state index contributed by atoms with van der Waals surface area (Å²) in [4.78, 5) is 24.0. The maximum absolute atomic E-state index is 12.1. The molecule has 1 aromatic heterocycles. The van der Waals surface area contributed by atoms with Crippen molar-refractivity contribution in [2.75, 3.05) is 13.2 Å². The largest absolute Gasteiger partial charge is 0.376 e. The first kappa shape index (κ1) is 15.7. The Morgan fingerprint density at radius 1 is 1.67 bits per heavy atom. The van der Waals surface area contributed by atoms with Crippen LogP contribution in [0.4, 0.5) is 0 Å². The summed E-state index contributed by atoms with van der Waals surface area (Å²) in [6.07, 6.45) is 2.01. The lowest BCUT2D eigenvalue weighted by molar-refractivity contribution is -0.122. The molecule has 21 heavy (non-hydrogen) atoms. The van der Waals surface area contributed by atoms with Gasteiger partial charge in [-0.15, -0.1) is 0 Å². The predicted octanol–water partition coefficient (Wildman–Crippen LogP) is 1.09. The predicted molar refractivity (Wildman–Crippen MR) is 79.8 cm³/mol. The molecule has 0 aliphatic carbocycles. The van der Waals surface area contributed by atoms with E-state index in [2.05, 4.69) is 21.2 Å². The van der Waals surface area contributed by atoms with Crippen LogP contribution in [0.5, 0.6) is 0 Å². The van der Waals surface area contributed by atoms with Gasteiger partial charge in [-0.2, -0.15) is 5.26 Å². The van der Waals surface area contributed by atoms with E-state index in [0.717, 1.165) is 19.4 Å². The Morgan fingerprint density at radius 3 is 3.05 bits per heavy atom. The second-order valence-electron chi connectivity index (χ2n) is 4.93. The maximum Gasteiger partial charge on any atom is 0.269 e. The zero-order chi connectivity index (χ0) is 15.4. The van der Waals surface area contributed by atoms with E-state index >= 15 is 0 Å². The lowest BCUT2D eigenvalue weighted by Gasteiger charge is -2.14. The number of nitriles is 1. The third-order valence-corrected chi connectivity index (χ3v) is 4.27. The average Bonchev–Trinajstić information content (AvgIpc) is 2.98. The van der Waals surface area contributed by atoms with Crippen LogP contribution in [0, 0.1) is 18.3 Å². The molecule has 0 saturated carbocycles. The van der Waals surface area contributed by atoms with Gasteiger partial charge in [0, 0.05) is 23.3 Å². The van der Waals surface area contributed by atoms with Gasteiger partial charge in [-0.05, 0) is 41.8 Å². The molecule has 1 saturated heterocycles. The fraction of sp³-hybridized carbons (Fsp3) is 0.500. The van der Waals surface area contributed by atoms with Crippen LogP contribution < -0.4 is 10.9 Å². The van der Waals surface area contributed by atoms with Crippen LogP contribution in [-0.2, 0) is 16.1 Å². The van der Waals surface area contributed by atoms with Crippen molar-refractivity contribution in [3.63, 3.8) is 0 Å². The van der Waals surface area contributed by atoms with Crippen LogP contribution in [-0.4, -0.2) is 29.7 Å². The van der Waals surface area contributed by atoms with Crippen molar-refractivity contribution in [3.8, 4) is 6.07 Å². The number of hydrogen-bond acceptors (Lipinski definition) is 4. The summed E-state index contributed by atoms with van der Waals surface area (Å²) < 4.78 is 7.35. The Kier molecular flexibility index (Phi) is 5.15. The van der Waals surface area contributed by atoms with E-state index in [1.807, 2.05) is 6.07 Å². The highest BCUT2D eigenvalue weighted by molar-refractivity contribution is 9.10. The number of pyridine rings is 1. The second-order valence-corrected chi connectivity index (χ2v) is 5.79. The molecule has 1 amide bonds. The van der Waals surface area contributed by atoms with Crippen LogP contribution in [0.1, 0.15) is 24.1 Å². The first-order valence-corrected chi connectivity index (χ1v) is 7.50. The topological polar surface area (TPSA) is 84.1 Å². The van der Waals surface area contributed by atoms with Gasteiger partial charge >= 0.3 is 0 Å². The molecule has 1 aromatic rings. The van der Waals surface area contributed by atoms with E-state index < -0.39 is 5.56 Å². The minimum atomic E-state index is -0.453. The lowest BCUT2D eigenvalue weighted by atomic mass is 10.2. The van der Waals surface area contributed by atoms with Crippen molar-refractivity contribution >= 4 is 21.8 Å². The van der Waals surface area contributed by atoms with Gasteiger partial charge < -0.3 is 14.6 Å². The summed E-state index contributed by atoms with van der Waals surface area (Å²) in [5.41, 5.74) is 0.177. The molecule has 1 aliphatic rings. The molecule has 7 heteroatoms. The number of nitrogens with one attached hydrogen (secondary N) is 1. The van der Waals surface area contributed by atoms with Gasteiger partial charge in [-0.25, -0.2) is 0 Å². The number of amides is 1. The number of carbonyl (C=O) groups excluding carboxylic acids is 1. The van der Waals surface area contributed by atoms with Crippen molar-refractivity contribution in [1.82, 2.24) is 9.88 Å². The van der Waals surface area contributed by atoms with Gasteiger partial charge in [-0.1, -0.05) is 0 Å². The van der Waals surface area contributed by atoms with Crippen molar-refractivity contribution in [2.24, 2.45) is 0 Å². The lowest BCUT2D eigenvalue weighted by Crippen LogP contribution is -2.37. The summed E-state index contributed by atoms with van der Waals surface area (Å²) in [5.74, 6) is -0.266. The third kappa shape index (κ3) is 3.71. The van der Waals surface area contributed by atoms with Crippen LogP contribution in [0.3, 0.4) is 0 Å². The van der Waals surface area contributed by atoms with Crippen LogP contribution >= 0.6 is 15.9 Å². The molecule has 112 valence electrons. The number of carbonyl (C=O) groups is 1. The highest BCUT2D eigenvalue weighted by Gasteiger charge is 2.17. The molecule has 1 atom stereocenters. The molecule has 1 unspecified atom stereocenters. The Hall–Kier alpha value is -1.65. The summed E-state index contributed by atoms with van der Waals surface area (Å²) >= 11 is 3.29. The van der Waals surface area contributed by atoms with Crippen molar-refractivity contribution in [3.05, 3.63) is 32.2 Å². The molecule has 0 bridgehead atoms. The zero-order valence-electron chi connectivity index (χ0n) is 11.7. The van der Waals surface area contributed by atoms with Crippen molar-refractivity contribution < 1.29 is 9.53 Å². The molecular formula is C14H16BrN3O3. The average molecular weight is 354 g/mol. The van der Waals surface area contributed by atoms with Gasteiger partial charge in [0.1, 0.15) is 18.2 Å². The standard InChI is InChI=1S/C14H16BrN3O3/c1-9-12(15)5-10(6-16)14(20)18(9)8-13(19)17-7-11-3-2-4-21-11/h5,11H,2-4,7-8H2,1H3,(H,17,19). The number of nitrogens with zero attached hydrogens (tertiary/aromatic N) is 2. The number of halogens is 1. The quantitative estimate of drug-likeness (QED) is 0.877. The van der Waals surface area contributed by atoms with Gasteiger partial charge in [0.05, 0.1) is 6.10 Å². The Bertz CT molecular complexity index is 642. The molecule has 0 spiro atoms. The molecule has 2 heterocycles. The van der Waals surface area contributed by atoms with Gasteiger partial charge in [-0.3, -0.25) is 9.59 Å². The molecule has 6 nitrogen and oxygen atoms in total. The normalized spacial score (nSPS) is 17.5. The molecule has 1 fully saturated rings. The summed E-state index contributed by atoms with van der Waals surface area (Å²) in [5, 5.41) is 11.7. The number of rotatable bonds is 4. The third-order valence-electron chi connectivity index (χ3n) is 3.47. The van der Waals surface area contributed by atoms with Gasteiger partial charge in [0.25, 0.3) is 5.56 Å². The van der Waals surface area contributed by atoms with E-state index in [-0.39, 0.29) is 24.1 Å². The van der Waals surface area contributed by atoms with Crippen LogP contribution in [0.15, 0.2) is 15.3 Å². The fourth-order valence-electron chi connectivity index (χ4n) is 2.22. The summed E-state index contributed by atoms with van der Waals surface area (Å²) in [6.45, 7) is 2.80. The smallest absolute Gasteiger partial charge is 0.269 e. The van der Waals surface area contributed by atoms with Gasteiger partial charge in [0.15, 0.2) is 0 Å². The first-order chi connectivity index (χ1) is 10.0. The minimum Gasteiger partial charge on any atom is -0.376 e. The van der Waals surface area contributed by atoms with Crippen LogP contribution in [0.2, 0.25) is 0 Å². The highest BCUT2D eigenvalue weighted by atomic mass is 79.9. The van der Waals surface area contributed by atoms with Crippen molar-refractivity contribution in [1.29, 1.82) is 5.26 Å². The zero-order valence-corrected chi connectivity index (χ0v) is 13.3. The Morgan fingerprint density at radius 2 is 2.43 bits per heavy atom. The molecule has 1 N–H and O–H groups in total. The Labute approximate surface area is 130 Å². The monoisotopic (exact) mass is 353 g/mol. The fourth-order valence-corrected chi connectivity index (χ4v) is 2.67. The second kappa shape index (κ2) is 6.87. The SMILES string of the molecule is Cc1c(Br)cc(C#N)c(=O)n1CC(=O)NCC1CCCO1. The van der Waals surface area contributed by atoms with E-state index in [9.17, 15) is 9.59 Å². The van der Waals surface area contributed by atoms with E-state index in [1.54, 1.807) is 6.92 Å². The van der Waals surface area contributed by atoms with E-state index in [4.69, 9.17) is 10.00 Å². The minimum absolute atomic E-state index is 0.0133. The molecule has 0 aromatic carbocycles. The number of hydrogen-bond donors (Lipinski definition) is 1. The Balaban J connectivity index is 2.08. The van der Waals surface area contributed by atoms with Crippen LogP contribution in [0.25, 0.3) is 0 Å². The number of ether oxygens (including phenoxy) is 1. The van der Waals surface area contributed by atoms with E-state index in [0.29, 0.717) is 16.7 Å². The molecule has 0 radical (unpaired) electrons. The van der Waals surface area contributed by atoms with Crippen molar-refractivity contribution in [2.45, 2.75) is 32.4 Å². The summed E-state index contributed by atoms with van der Waals surface area (Å²) in [6, 6.07) is 3.31. The highest BCUT2D eigenvalue weighted by Crippen LogP contribution is 2.15. The number of aromatic nitrogens is 1. The molecule has 2 rings (SSSR count). The molecular weight excluding hydrogens is 338 g/mol. The first-order valence-electron chi connectivity index (χ1n) is 6.71. The summed E-state index contributed by atoms with van der Waals surface area (Å²) in [7, 11) is 0. The maximum atomic E-state index is 12.1. The van der Waals surface area contributed by atoms with Gasteiger partial charge in [0.2, 0.25) is 5.91 Å². The van der Waals surface area contributed by atoms with E-state index in [1.165, 1.54) is 10.6 Å². The molecule has 1 aliphatic heterocycles.